The van der Waals surface area contributed by atoms with Crippen LogP contribution in [0.25, 0.3) is 11.1 Å². The van der Waals surface area contributed by atoms with Crippen LogP contribution in [0.15, 0.2) is 60.7 Å². The van der Waals surface area contributed by atoms with Gasteiger partial charge in [-0.2, -0.15) is 13.2 Å². The number of halogens is 5. The molecule has 0 spiro atoms. The van der Waals surface area contributed by atoms with Crippen molar-refractivity contribution < 1.29 is 41.4 Å². The van der Waals surface area contributed by atoms with Gasteiger partial charge in [-0.3, -0.25) is 4.90 Å². The number of carbonyl (C=O) groups excluding carboxylic acids is 1. The first kappa shape index (κ1) is 26.1. The fraction of sp³-hybridized carbons (Fsp3) is 0.259. The molecule has 0 aromatic heterocycles. The zero-order chi connectivity index (χ0) is 26.9. The lowest BCUT2D eigenvalue weighted by Crippen LogP contribution is -2.43. The number of carboxylic acids is 1. The van der Waals surface area contributed by atoms with Gasteiger partial charge in [0.2, 0.25) is 0 Å². The van der Waals surface area contributed by atoms with E-state index in [1.165, 1.54) is 7.05 Å². The molecule has 10 heteroatoms. The molecule has 1 N–H and O–H groups in total. The minimum absolute atomic E-state index is 0.0428. The van der Waals surface area contributed by atoms with Crippen molar-refractivity contribution in [2.24, 2.45) is 0 Å². The second-order valence-corrected chi connectivity index (χ2v) is 8.74. The normalized spacial score (nSPS) is 13.6. The van der Waals surface area contributed by atoms with E-state index in [0.717, 1.165) is 27.2 Å². The molecule has 1 aliphatic rings. The molecule has 194 valence electrons. The first-order valence-electron chi connectivity index (χ1n) is 11.3. The molecule has 5 nitrogen and oxygen atoms in total. The fourth-order valence-corrected chi connectivity index (χ4v) is 4.65. The SMILES string of the molecule is CN(C(=O)OCC1c2ccccc2-c2ccccc21)[C@@H](CCc1cc(F)c(C(F)(F)F)c(F)c1)C(=O)O. The number of carbonyl (C=O) groups is 2. The summed E-state index contributed by atoms with van der Waals surface area (Å²) in [5.74, 6) is -5.23. The van der Waals surface area contributed by atoms with Gasteiger partial charge in [0.25, 0.3) is 0 Å². The van der Waals surface area contributed by atoms with E-state index in [-0.39, 0.29) is 30.9 Å². The summed E-state index contributed by atoms with van der Waals surface area (Å²) >= 11 is 0. The molecule has 1 atom stereocenters. The van der Waals surface area contributed by atoms with Crippen LogP contribution < -0.4 is 0 Å². The zero-order valence-corrected chi connectivity index (χ0v) is 19.6. The highest BCUT2D eigenvalue weighted by atomic mass is 19.4. The Balaban J connectivity index is 1.44. The maximum absolute atomic E-state index is 13.9. The lowest BCUT2D eigenvalue weighted by Gasteiger charge is -2.25. The summed E-state index contributed by atoms with van der Waals surface area (Å²) in [6.07, 6.45) is -6.72. The maximum Gasteiger partial charge on any atom is 0.422 e. The quantitative estimate of drug-likeness (QED) is 0.375. The average Bonchev–Trinajstić information content (AvgIpc) is 3.14. The molecule has 0 radical (unpaired) electrons. The van der Waals surface area contributed by atoms with Gasteiger partial charge in [0.05, 0.1) is 0 Å². The molecule has 3 aromatic rings. The largest absolute Gasteiger partial charge is 0.480 e. The van der Waals surface area contributed by atoms with Gasteiger partial charge in [-0.25, -0.2) is 18.4 Å². The van der Waals surface area contributed by atoms with Crippen molar-refractivity contribution in [2.45, 2.75) is 31.0 Å². The Morgan fingerprint density at radius 1 is 0.973 bits per heavy atom. The number of nitrogens with zero attached hydrogens (tertiary/aromatic N) is 1. The first-order chi connectivity index (χ1) is 17.5. The van der Waals surface area contributed by atoms with Crippen molar-refractivity contribution in [3.63, 3.8) is 0 Å². The van der Waals surface area contributed by atoms with Crippen LogP contribution in [-0.4, -0.2) is 41.8 Å². The number of benzene rings is 3. The molecule has 0 saturated carbocycles. The summed E-state index contributed by atoms with van der Waals surface area (Å²) in [4.78, 5) is 25.4. The molecule has 0 fully saturated rings. The van der Waals surface area contributed by atoms with Gasteiger partial charge in [-0.15, -0.1) is 0 Å². The summed E-state index contributed by atoms with van der Waals surface area (Å²) in [6, 6.07) is 14.9. The lowest BCUT2D eigenvalue weighted by molar-refractivity contribution is -0.143. The highest BCUT2D eigenvalue weighted by Crippen LogP contribution is 2.44. The van der Waals surface area contributed by atoms with Gasteiger partial charge in [-0.05, 0) is 52.8 Å². The van der Waals surface area contributed by atoms with Crippen LogP contribution in [0.4, 0.5) is 26.7 Å². The van der Waals surface area contributed by atoms with Crippen molar-refractivity contribution in [1.82, 2.24) is 4.90 Å². The summed E-state index contributed by atoms with van der Waals surface area (Å²) in [6.45, 7) is -0.0428. The average molecular weight is 519 g/mol. The van der Waals surface area contributed by atoms with Crippen LogP contribution in [0.2, 0.25) is 0 Å². The second kappa shape index (κ2) is 10.2. The molecular formula is C27H22F5NO4. The molecule has 0 saturated heterocycles. The van der Waals surface area contributed by atoms with E-state index in [0.29, 0.717) is 12.1 Å². The van der Waals surface area contributed by atoms with Crippen LogP contribution in [0.3, 0.4) is 0 Å². The number of rotatable bonds is 7. The second-order valence-electron chi connectivity index (χ2n) is 8.74. The number of hydrogen-bond acceptors (Lipinski definition) is 3. The summed E-state index contributed by atoms with van der Waals surface area (Å²) in [5, 5.41) is 9.62. The Kier molecular flexibility index (Phi) is 7.20. The van der Waals surface area contributed by atoms with E-state index in [1.807, 2.05) is 48.5 Å². The summed E-state index contributed by atoms with van der Waals surface area (Å²) in [5.41, 5.74) is 1.80. The first-order valence-corrected chi connectivity index (χ1v) is 11.3. The Morgan fingerprint density at radius 2 is 1.49 bits per heavy atom. The number of carboxylic acid groups (broad SMARTS) is 1. The molecule has 0 heterocycles. The summed E-state index contributed by atoms with van der Waals surface area (Å²) in [7, 11) is 1.21. The molecule has 3 aromatic carbocycles. The molecular weight excluding hydrogens is 497 g/mol. The van der Waals surface area contributed by atoms with Crippen LogP contribution in [0.5, 0.6) is 0 Å². The summed E-state index contributed by atoms with van der Waals surface area (Å²) < 4.78 is 71.6. The van der Waals surface area contributed by atoms with Crippen LogP contribution >= 0.6 is 0 Å². The number of likely N-dealkylation sites (N-methyl/N-ethyl adjacent to an activating group) is 1. The van der Waals surface area contributed by atoms with E-state index >= 15 is 0 Å². The van der Waals surface area contributed by atoms with Gasteiger partial charge >= 0.3 is 18.2 Å². The van der Waals surface area contributed by atoms with Gasteiger partial charge in [0, 0.05) is 13.0 Å². The zero-order valence-electron chi connectivity index (χ0n) is 19.6. The van der Waals surface area contributed by atoms with Crippen molar-refractivity contribution in [1.29, 1.82) is 0 Å². The molecule has 1 aliphatic carbocycles. The smallest absolute Gasteiger partial charge is 0.422 e. The number of alkyl halides is 3. The number of hydrogen-bond donors (Lipinski definition) is 1. The topological polar surface area (TPSA) is 66.8 Å². The molecule has 0 unspecified atom stereocenters. The standard InChI is InChI=1S/C27H22F5NO4/c1-33(23(25(34)35)11-10-15-12-21(28)24(22(29)13-15)27(30,31)32)26(36)37-14-20-18-8-4-2-6-16(18)17-7-3-5-9-19(17)20/h2-9,12-13,20,23H,10-11,14H2,1H3,(H,34,35)/t23-/m0/s1. The molecule has 4 rings (SSSR count). The van der Waals surface area contributed by atoms with Crippen molar-refractivity contribution in [3.05, 3.63) is 94.6 Å². The third-order valence-corrected chi connectivity index (χ3v) is 6.47. The van der Waals surface area contributed by atoms with E-state index in [1.54, 1.807) is 0 Å². The van der Waals surface area contributed by atoms with E-state index < -0.39 is 41.5 Å². The molecule has 0 aliphatic heterocycles. The fourth-order valence-electron chi connectivity index (χ4n) is 4.65. The highest BCUT2D eigenvalue weighted by Gasteiger charge is 2.38. The number of fused-ring (bicyclic) bond motifs is 3. The number of aliphatic carboxylic acids is 1. The minimum Gasteiger partial charge on any atom is -0.480 e. The van der Waals surface area contributed by atoms with Gasteiger partial charge in [-0.1, -0.05) is 48.5 Å². The highest BCUT2D eigenvalue weighted by molar-refractivity contribution is 5.81. The Morgan fingerprint density at radius 3 is 1.97 bits per heavy atom. The Hall–Kier alpha value is -3.95. The monoisotopic (exact) mass is 519 g/mol. The van der Waals surface area contributed by atoms with E-state index in [4.69, 9.17) is 4.74 Å². The molecule has 0 bridgehead atoms. The minimum atomic E-state index is -5.21. The van der Waals surface area contributed by atoms with Gasteiger partial charge in [0.15, 0.2) is 0 Å². The number of aryl methyl sites for hydroxylation is 1. The lowest BCUT2D eigenvalue weighted by atomic mass is 9.98. The van der Waals surface area contributed by atoms with Crippen LogP contribution in [0, 0.1) is 11.6 Å². The molecule has 1 amide bonds. The van der Waals surface area contributed by atoms with Crippen molar-refractivity contribution in [2.75, 3.05) is 13.7 Å². The predicted octanol–water partition coefficient (Wildman–Crippen LogP) is 6.25. The predicted molar refractivity (Wildman–Crippen MR) is 124 cm³/mol. The maximum atomic E-state index is 13.9. The van der Waals surface area contributed by atoms with Crippen LogP contribution in [0.1, 0.15) is 34.6 Å². The van der Waals surface area contributed by atoms with E-state index in [9.17, 15) is 36.6 Å². The Labute approximate surface area is 209 Å². The van der Waals surface area contributed by atoms with Crippen LogP contribution in [-0.2, 0) is 22.1 Å². The molecule has 37 heavy (non-hydrogen) atoms. The third kappa shape index (κ3) is 5.28. The van der Waals surface area contributed by atoms with E-state index in [2.05, 4.69) is 0 Å². The third-order valence-electron chi connectivity index (χ3n) is 6.47. The number of ether oxygens (including phenoxy) is 1. The Bertz CT molecular complexity index is 1270. The van der Waals surface area contributed by atoms with Crippen molar-refractivity contribution in [3.8, 4) is 11.1 Å². The van der Waals surface area contributed by atoms with Gasteiger partial charge in [0.1, 0.15) is 29.8 Å². The number of amides is 1. The van der Waals surface area contributed by atoms with Crippen molar-refractivity contribution >= 4 is 12.1 Å². The van der Waals surface area contributed by atoms with Gasteiger partial charge < -0.3 is 9.84 Å².